The van der Waals surface area contributed by atoms with E-state index in [2.05, 4.69) is 18.4 Å². The molecule has 0 radical (unpaired) electrons. The van der Waals surface area contributed by atoms with Crippen molar-refractivity contribution in [2.75, 3.05) is 37.6 Å². The maximum absolute atomic E-state index is 15.3. The number of nitrogens with one attached hydrogen (secondary N) is 1. The fourth-order valence-electron chi connectivity index (χ4n) is 9.29. The highest BCUT2D eigenvalue weighted by atomic mass is 28.3. The third kappa shape index (κ3) is 7.17. The number of ether oxygens (including phenoxy) is 3. The number of nitro groups is 1. The molecule has 0 saturated carbocycles. The van der Waals surface area contributed by atoms with Crippen LogP contribution in [0.1, 0.15) is 47.7 Å². The van der Waals surface area contributed by atoms with Crippen LogP contribution in [0.4, 0.5) is 17.1 Å². The van der Waals surface area contributed by atoms with Crippen LogP contribution < -0.4 is 24.9 Å². The molecule has 57 heavy (non-hydrogen) atoms. The van der Waals surface area contributed by atoms with Crippen molar-refractivity contribution in [1.29, 1.82) is 0 Å². The van der Waals surface area contributed by atoms with E-state index in [0.29, 0.717) is 52.5 Å². The minimum absolute atomic E-state index is 0.00663. The SMILES string of the molecule is COc1ccc(C(=O)Nc2cccc(CN3C(=O)[C@]4(O[C@H](CC(=O)N5CCC[C@H]5CO)[C@@H]([Si](C)(C)c5ccc(OC)cc5)[C@@H]4C)c4cc([N+](=O)[O-])ccc43)c2)cc1. The third-order valence-electron chi connectivity index (χ3n) is 12.2. The quantitative estimate of drug-likeness (QED) is 0.0997. The number of likely N-dealkylation sites (tertiary alicyclic amines) is 1. The second-order valence-corrected chi connectivity index (χ2v) is 20.3. The van der Waals surface area contributed by atoms with Gasteiger partial charge in [-0.1, -0.05) is 49.5 Å². The number of aliphatic hydroxyl groups is 1. The number of nitro benzene ring substituents is 1. The van der Waals surface area contributed by atoms with Crippen LogP contribution in [-0.4, -0.2) is 80.2 Å². The molecule has 4 aromatic rings. The first-order valence-electron chi connectivity index (χ1n) is 19.2. The minimum Gasteiger partial charge on any atom is -0.497 e. The predicted molar refractivity (Wildman–Crippen MR) is 218 cm³/mol. The largest absolute Gasteiger partial charge is 0.497 e. The van der Waals surface area contributed by atoms with Crippen LogP contribution in [-0.2, 0) is 26.5 Å². The second kappa shape index (κ2) is 15.8. The van der Waals surface area contributed by atoms with Crippen LogP contribution in [0.3, 0.4) is 0 Å². The number of carbonyl (C=O) groups is 3. The van der Waals surface area contributed by atoms with Gasteiger partial charge in [0.2, 0.25) is 5.91 Å². The van der Waals surface area contributed by atoms with Crippen molar-refractivity contribution in [2.24, 2.45) is 5.92 Å². The zero-order valence-electron chi connectivity index (χ0n) is 32.8. The molecule has 3 amide bonds. The number of carbonyl (C=O) groups excluding carboxylic acids is 3. The fourth-order valence-corrected chi connectivity index (χ4v) is 13.3. The van der Waals surface area contributed by atoms with Crippen molar-refractivity contribution >= 4 is 48.0 Å². The number of aliphatic hydroxyl groups excluding tert-OH is 1. The van der Waals surface area contributed by atoms with E-state index in [4.69, 9.17) is 14.2 Å². The Balaban J connectivity index is 1.26. The number of rotatable bonds is 12. The Kier molecular flexibility index (Phi) is 11.0. The van der Waals surface area contributed by atoms with E-state index in [1.807, 2.05) is 37.3 Å². The molecular formula is C43H48N4O9Si. The first kappa shape index (κ1) is 39.7. The minimum atomic E-state index is -2.63. The molecule has 298 valence electrons. The number of amides is 3. The summed E-state index contributed by atoms with van der Waals surface area (Å²) in [6.07, 6.45) is 0.784. The molecule has 4 aromatic carbocycles. The topological polar surface area (TPSA) is 161 Å². The van der Waals surface area contributed by atoms with Gasteiger partial charge in [0.25, 0.3) is 17.5 Å². The maximum Gasteiger partial charge on any atom is 0.269 e. The van der Waals surface area contributed by atoms with Gasteiger partial charge in [0.05, 0.1) is 64.6 Å². The van der Waals surface area contributed by atoms with Crippen LogP contribution in [0.2, 0.25) is 18.6 Å². The standard InChI is InChI=1S/C43H48N4O9Si/c1-27-40(57(4,5)35-18-16-34(55-3)17-19-35)38(24-39(49)45-21-7-10-32(45)26-48)56-43(27)36-23-31(47(52)53)13-20-37(36)46(42(43)51)25-28-8-6-9-30(22-28)44-41(50)29-11-14-33(54-2)15-12-29/h6,8-9,11-20,22-23,27,32,38,40,48H,7,10,21,24-26H2,1-5H3,(H,44,50)/t27-,32-,38+,40-,43+/m0/s1. The number of non-ortho nitro benzene ring substituents is 1. The second-order valence-electron chi connectivity index (χ2n) is 15.7. The van der Waals surface area contributed by atoms with Crippen LogP contribution >= 0.6 is 0 Å². The zero-order chi connectivity index (χ0) is 40.6. The summed E-state index contributed by atoms with van der Waals surface area (Å²) in [5.41, 5.74) is 0.480. The summed E-state index contributed by atoms with van der Waals surface area (Å²) in [7, 11) is 0.537. The molecule has 3 aliphatic heterocycles. The molecule has 3 aliphatic rings. The Bertz CT molecular complexity index is 2180. The van der Waals surface area contributed by atoms with Crippen molar-refractivity contribution < 1.29 is 38.6 Å². The van der Waals surface area contributed by atoms with E-state index < -0.39 is 30.6 Å². The van der Waals surface area contributed by atoms with E-state index in [0.717, 1.165) is 11.6 Å². The van der Waals surface area contributed by atoms with Crippen molar-refractivity contribution in [3.63, 3.8) is 0 Å². The predicted octanol–water partition coefficient (Wildman–Crippen LogP) is 6.00. The summed E-state index contributed by atoms with van der Waals surface area (Å²) in [5, 5.41) is 26.3. The van der Waals surface area contributed by atoms with E-state index in [1.165, 1.54) is 12.1 Å². The summed E-state index contributed by atoms with van der Waals surface area (Å²) in [5.74, 6) is 0.00261. The molecule has 5 atom stereocenters. The van der Waals surface area contributed by atoms with Gasteiger partial charge in [-0.25, -0.2) is 0 Å². The molecule has 0 aliphatic carbocycles. The number of benzene rings is 4. The van der Waals surface area contributed by atoms with Crippen molar-refractivity contribution in [3.05, 3.63) is 118 Å². The fraction of sp³-hybridized carbons (Fsp3) is 0.372. The van der Waals surface area contributed by atoms with E-state index in [1.54, 1.807) is 72.6 Å². The Morgan fingerprint density at radius 3 is 2.33 bits per heavy atom. The lowest BCUT2D eigenvalue weighted by Crippen LogP contribution is -2.52. The Morgan fingerprint density at radius 2 is 1.68 bits per heavy atom. The van der Waals surface area contributed by atoms with E-state index in [-0.39, 0.29) is 54.6 Å². The van der Waals surface area contributed by atoms with Gasteiger partial charge in [-0.2, -0.15) is 0 Å². The monoisotopic (exact) mass is 792 g/mol. The molecule has 2 saturated heterocycles. The van der Waals surface area contributed by atoms with Gasteiger partial charge in [0, 0.05) is 41.4 Å². The first-order chi connectivity index (χ1) is 27.3. The average Bonchev–Trinajstić information content (AvgIpc) is 3.88. The highest BCUT2D eigenvalue weighted by Crippen LogP contribution is 2.60. The lowest BCUT2D eigenvalue weighted by molar-refractivity contribution is -0.385. The van der Waals surface area contributed by atoms with Gasteiger partial charge < -0.3 is 34.4 Å². The Morgan fingerprint density at radius 1 is 1.00 bits per heavy atom. The molecule has 2 N–H and O–H groups in total. The number of hydrogen-bond acceptors (Lipinski definition) is 9. The summed E-state index contributed by atoms with van der Waals surface area (Å²) in [6.45, 7) is 6.87. The third-order valence-corrected chi connectivity index (χ3v) is 16.6. The Hall–Kier alpha value is -5.57. The summed E-state index contributed by atoms with van der Waals surface area (Å²) < 4.78 is 17.7. The average molecular weight is 793 g/mol. The molecule has 13 nitrogen and oxygen atoms in total. The summed E-state index contributed by atoms with van der Waals surface area (Å²) in [4.78, 5) is 57.6. The van der Waals surface area contributed by atoms with Gasteiger partial charge in [-0.3, -0.25) is 24.5 Å². The number of methoxy groups -OCH3 is 2. The molecule has 14 heteroatoms. The van der Waals surface area contributed by atoms with Gasteiger partial charge in [0.15, 0.2) is 5.60 Å². The van der Waals surface area contributed by atoms with Gasteiger partial charge in [-0.05, 0) is 78.5 Å². The molecular weight excluding hydrogens is 745 g/mol. The van der Waals surface area contributed by atoms with Crippen LogP contribution in [0.5, 0.6) is 11.5 Å². The van der Waals surface area contributed by atoms with E-state index >= 15 is 4.79 Å². The molecule has 7 rings (SSSR count). The highest BCUT2D eigenvalue weighted by molar-refractivity contribution is 6.91. The molecule has 0 unspecified atom stereocenters. The van der Waals surface area contributed by atoms with Crippen LogP contribution in [0, 0.1) is 16.0 Å². The van der Waals surface area contributed by atoms with Gasteiger partial charge >= 0.3 is 0 Å². The molecule has 1 spiro atoms. The van der Waals surface area contributed by atoms with Crippen molar-refractivity contribution in [3.8, 4) is 11.5 Å². The van der Waals surface area contributed by atoms with Crippen LogP contribution in [0.25, 0.3) is 0 Å². The first-order valence-corrected chi connectivity index (χ1v) is 22.3. The van der Waals surface area contributed by atoms with Crippen LogP contribution in [0.15, 0.2) is 91.0 Å². The number of nitrogens with zero attached hydrogens (tertiary/aromatic N) is 3. The van der Waals surface area contributed by atoms with Gasteiger partial charge in [0.1, 0.15) is 11.5 Å². The molecule has 2 fully saturated rings. The molecule has 0 aromatic heterocycles. The molecule has 3 heterocycles. The zero-order valence-corrected chi connectivity index (χ0v) is 33.8. The molecule has 0 bridgehead atoms. The maximum atomic E-state index is 15.3. The lowest BCUT2D eigenvalue weighted by Gasteiger charge is -2.37. The highest BCUT2D eigenvalue weighted by Gasteiger charge is 2.67. The smallest absolute Gasteiger partial charge is 0.269 e. The Labute approximate surface area is 332 Å². The lowest BCUT2D eigenvalue weighted by atomic mass is 9.82. The van der Waals surface area contributed by atoms with Crippen molar-refractivity contribution in [1.82, 2.24) is 4.90 Å². The summed E-state index contributed by atoms with van der Waals surface area (Å²) >= 11 is 0. The van der Waals surface area contributed by atoms with E-state index in [9.17, 15) is 24.8 Å². The normalized spacial score (nSPS) is 22.8. The summed E-state index contributed by atoms with van der Waals surface area (Å²) in [6, 6.07) is 26.0. The van der Waals surface area contributed by atoms with Crippen molar-refractivity contribution in [2.45, 2.75) is 69.1 Å². The number of anilines is 2. The van der Waals surface area contributed by atoms with Gasteiger partial charge in [-0.15, -0.1) is 0 Å². The number of fused-ring (bicyclic) bond motifs is 2. The number of hydrogen-bond donors (Lipinski definition) is 2.